The maximum atomic E-state index is 12.5. The van der Waals surface area contributed by atoms with Crippen LogP contribution in [0.15, 0.2) is 60.1 Å². The molecule has 1 N–H and O–H groups in total. The van der Waals surface area contributed by atoms with Crippen LogP contribution in [0.2, 0.25) is 0 Å². The fourth-order valence-electron chi connectivity index (χ4n) is 2.93. The van der Waals surface area contributed by atoms with Crippen molar-refractivity contribution in [3.8, 4) is 22.8 Å². The second-order valence-corrected chi connectivity index (χ2v) is 7.03. The molecule has 4 rings (SSSR count). The van der Waals surface area contributed by atoms with Crippen molar-refractivity contribution in [3.63, 3.8) is 0 Å². The van der Waals surface area contributed by atoms with Gasteiger partial charge in [-0.05, 0) is 36.4 Å². The maximum Gasteiger partial charge on any atom is 0.230 e. The molecule has 0 saturated carbocycles. The third-order valence-corrected chi connectivity index (χ3v) is 5.25. The van der Waals surface area contributed by atoms with Crippen molar-refractivity contribution in [1.82, 2.24) is 9.38 Å². The molecule has 0 bridgehead atoms. The number of rotatable bonds is 6. The zero-order valence-corrected chi connectivity index (χ0v) is 16.3. The summed E-state index contributed by atoms with van der Waals surface area (Å²) in [6.45, 7) is 0. The van der Waals surface area contributed by atoms with Gasteiger partial charge in [-0.15, -0.1) is 11.3 Å². The van der Waals surface area contributed by atoms with Gasteiger partial charge in [0.05, 0.1) is 26.3 Å². The molecule has 6 nitrogen and oxygen atoms in total. The van der Waals surface area contributed by atoms with Crippen molar-refractivity contribution >= 4 is 27.9 Å². The van der Waals surface area contributed by atoms with E-state index in [1.54, 1.807) is 20.3 Å². The summed E-state index contributed by atoms with van der Waals surface area (Å²) in [5.74, 6) is 1.42. The number of carbonyl (C=O) groups is 1. The predicted octanol–water partition coefficient (Wildman–Crippen LogP) is 4.26. The zero-order valence-electron chi connectivity index (χ0n) is 15.5. The number of anilines is 1. The van der Waals surface area contributed by atoms with E-state index in [0.29, 0.717) is 11.4 Å². The second-order valence-electron chi connectivity index (χ2n) is 6.19. The first-order valence-corrected chi connectivity index (χ1v) is 9.58. The van der Waals surface area contributed by atoms with E-state index < -0.39 is 0 Å². The molecule has 2 aromatic heterocycles. The highest BCUT2D eigenvalue weighted by Gasteiger charge is 2.13. The molecule has 0 atom stereocenters. The first-order valence-electron chi connectivity index (χ1n) is 8.70. The summed E-state index contributed by atoms with van der Waals surface area (Å²) in [6.07, 6.45) is 2.22. The van der Waals surface area contributed by atoms with E-state index in [2.05, 4.69) is 10.3 Å². The maximum absolute atomic E-state index is 12.5. The SMILES string of the molecule is COc1ccc(-c2cn3c(CC(=O)Nc4cccc(OC)c4)csc3n2)cc1. The van der Waals surface area contributed by atoms with Crippen molar-refractivity contribution in [2.24, 2.45) is 0 Å². The van der Waals surface area contributed by atoms with E-state index in [0.717, 1.165) is 27.7 Å². The first-order chi connectivity index (χ1) is 13.7. The number of methoxy groups -OCH3 is 2. The summed E-state index contributed by atoms with van der Waals surface area (Å²) < 4.78 is 12.4. The van der Waals surface area contributed by atoms with Gasteiger partial charge in [0.25, 0.3) is 0 Å². The van der Waals surface area contributed by atoms with Gasteiger partial charge in [0, 0.05) is 34.6 Å². The number of imidazole rings is 1. The zero-order chi connectivity index (χ0) is 19.5. The fraction of sp³-hybridized carbons (Fsp3) is 0.143. The van der Waals surface area contributed by atoms with E-state index >= 15 is 0 Å². The number of benzene rings is 2. The molecule has 142 valence electrons. The molecule has 7 heteroatoms. The highest BCUT2D eigenvalue weighted by Crippen LogP contribution is 2.26. The molecule has 1 amide bonds. The highest BCUT2D eigenvalue weighted by atomic mass is 32.1. The molecule has 0 spiro atoms. The van der Waals surface area contributed by atoms with Gasteiger partial charge in [-0.3, -0.25) is 9.20 Å². The van der Waals surface area contributed by atoms with Gasteiger partial charge in [0.1, 0.15) is 11.5 Å². The van der Waals surface area contributed by atoms with Crippen LogP contribution in [-0.4, -0.2) is 29.5 Å². The van der Waals surface area contributed by atoms with Gasteiger partial charge in [0.15, 0.2) is 4.96 Å². The van der Waals surface area contributed by atoms with E-state index in [1.165, 1.54) is 11.3 Å². The normalized spacial score (nSPS) is 10.8. The number of nitrogens with zero attached hydrogens (tertiary/aromatic N) is 2. The fourth-order valence-corrected chi connectivity index (χ4v) is 3.80. The standard InChI is InChI=1S/C21H19N3O3S/c1-26-17-8-6-14(7-9-17)19-12-24-16(13-28-21(24)23-19)11-20(25)22-15-4-3-5-18(10-15)27-2/h3-10,12-13H,11H2,1-2H3,(H,22,25). The topological polar surface area (TPSA) is 64.9 Å². The smallest absolute Gasteiger partial charge is 0.230 e. The molecule has 0 fully saturated rings. The number of thiazole rings is 1. The van der Waals surface area contributed by atoms with Crippen LogP contribution in [0.5, 0.6) is 11.5 Å². The van der Waals surface area contributed by atoms with Gasteiger partial charge in [-0.2, -0.15) is 0 Å². The Morgan fingerprint density at radius 2 is 1.89 bits per heavy atom. The molecule has 0 unspecified atom stereocenters. The van der Waals surface area contributed by atoms with Gasteiger partial charge < -0.3 is 14.8 Å². The Morgan fingerprint density at radius 3 is 2.64 bits per heavy atom. The number of fused-ring (bicyclic) bond motifs is 1. The van der Waals surface area contributed by atoms with Crippen molar-refractivity contribution in [2.45, 2.75) is 6.42 Å². The molecule has 2 heterocycles. The molecular weight excluding hydrogens is 374 g/mol. The Labute approximate surface area is 166 Å². The third kappa shape index (κ3) is 3.70. The van der Waals surface area contributed by atoms with Gasteiger partial charge in [-0.25, -0.2) is 4.98 Å². The molecule has 28 heavy (non-hydrogen) atoms. The summed E-state index contributed by atoms with van der Waals surface area (Å²) >= 11 is 1.52. The van der Waals surface area contributed by atoms with Crippen LogP contribution in [0.25, 0.3) is 16.2 Å². The Balaban J connectivity index is 1.52. The molecule has 0 aliphatic rings. The molecule has 0 aliphatic heterocycles. The lowest BCUT2D eigenvalue weighted by Crippen LogP contribution is -2.15. The average molecular weight is 393 g/mol. The Hall–Kier alpha value is -3.32. The lowest BCUT2D eigenvalue weighted by atomic mass is 10.2. The van der Waals surface area contributed by atoms with E-state index in [1.807, 2.05) is 58.4 Å². The van der Waals surface area contributed by atoms with Crippen LogP contribution < -0.4 is 14.8 Å². The highest BCUT2D eigenvalue weighted by molar-refractivity contribution is 7.15. The van der Waals surface area contributed by atoms with Crippen molar-refractivity contribution in [2.75, 3.05) is 19.5 Å². The van der Waals surface area contributed by atoms with Crippen LogP contribution in [-0.2, 0) is 11.2 Å². The molecular formula is C21H19N3O3S. The monoisotopic (exact) mass is 393 g/mol. The van der Waals surface area contributed by atoms with Crippen LogP contribution in [0.1, 0.15) is 5.69 Å². The van der Waals surface area contributed by atoms with Gasteiger partial charge >= 0.3 is 0 Å². The summed E-state index contributed by atoms with van der Waals surface area (Å²) in [5.41, 5.74) is 3.47. The minimum absolute atomic E-state index is 0.0901. The number of carbonyl (C=O) groups excluding carboxylic acids is 1. The third-order valence-electron chi connectivity index (χ3n) is 4.36. The number of aromatic nitrogens is 2. The second kappa shape index (κ2) is 7.74. The molecule has 0 saturated heterocycles. The van der Waals surface area contributed by atoms with Crippen LogP contribution in [0.3, 0.4) is 0 Å². The summed E-state index contributed by atoms with van der Waals surface area (Å²) in [5, 5.41) is 4.87. The molecule has 0 aliphatic carbocycles. The van der Waals surface area contributed by atoms with E-state index in [4.69, 9.17) is 9.47 Å². The van der Waals surface area contributed by atoms with E-state index in [9.17, 15) is 4.79 Å². The number of hydrogen-bond donors (Lipinski definition) is 1. The van der Waals surface area contributed by atoms with Crippen molar-refractivity contribution in [1.29, 1.82) is 0 Å². The summed E-state index contributed by atoms with van der Waals surface area (Å²) in [7, 11) is 3.24. The molecule has 4 aromatic rings. The Kier molecular flexibility index (Phi) is 4.99. The minimum atomic E-state index is -0.0901. The van der Waals surface area contributed by atoms with Crippen LogP contribution in [0.4, 0.5) is 5.69 Å². The lowest BCUT2D eigenvalue weighted by Gasteiger charge is -2.06. The van der Waals surface area contributed by atoms with Crippen molar-refractivity contribution < 1.29 is 14.3 Å². The van der Waals surface area contributed by atoms with Crippen LogP contribution >= 0.6 is 11.3 Å². The number of ether oxygens (including phenoxy) is 2. The summed E-state index contributed by atoms with van der Waals surface area (Å²) in [6, 6.07) is 15.1. The molecule has 2 aromatic carbocycles. The molecule has 0 radical (unpaired) electrons. The lowest BCUT2D eigenvalue weighted by molar-refractivity contribution is -0.115. The first kappa shape index (κ1) is 18.1. The van der Waals surface area contributed by atoms with Crippen LogP contribution in [0, 0.1) is 0 Å². The average Bonchev–Trinajstić information content (AvgIpc) is 3.30. The minimum Gasteiger partial charge on any atom is -0.497 e. The van der Waals surface area contributed by atoms with E-state index in [-0.39, 0.29) is 12.3 Å². The number of hydrogen-bond acceptors (Lipinski definition) is 5. The van der Waals surface area contributed by atoms with Gasteiger partial charge in [0.2, 0.25) is 5.91 Å². The Bertz CT molecular complexity index is 1120. The van der Waals surface area contributed by atoms with Crippen molar-refractivity contribution in [3.05, 3.63) is 65.8 Å². The number of amides is 1. The summed E-state index contributed by atoms with van der Waals surface area (Å²) in [4.78, 5) is 18.0. The largest absolute Gasteiger partial charge is 0.497 e. The predicted molar refractivity (Wildman–Crippen MR) is 110 cm³/mol. The Morgan fingerprint density at radius 1 is 1.11 bits per heavy atom. The quantitative estimate of drug-likeness (QED) is 0.532. The van der Waals surface area contributed by atoms with Gasteiger partial charge in [-0.1, -0.05) is 6.07 Å². The number of nitrogens with one attached hydrogen (secondary N) is 1.